The van der Waals surface area contributed by atoms with Gasteiger partial charge >= 0.3 is 6.01 Å². The van der Waals surface area contributed by atoms with E-state index in [0.717, 1.165) is 33.3 Å². The number of benzene rings is 3. The summed E-state index contributed by atoms with van der Waals surface area (Å²) < 4.78 is 7.99. The van der Waals surface area contributed by atoms with E-state index >= 15 is 0 Å². The SMILES string of the molecule is CCn1c2ccccc2c2cc(N3C(=O)C4C5C=CC(C4C3=O)C3C(=O)N(c4nnc(-c6ccccc6)o4)C(=O)C53)ccc21. The summed E-state index contributed by atoms with van der Waals surface area (Å²) >= 11 is 0. The summed E-state index contributed by atoms with van der Waals surface area (Å²) in [5.41, 5.74) is 3.28. The van der Waals surface area contributed by atoms with Crippen LogP contribution in [0.15, 0.2) is 89.4 Å². The van der Waals surface area contributed by atoms with Gasteiger partial charge in [0.15, 0.2) is 0 Å². The van der Waals surface area contributed by atoms with Crippen molar-refractivity contribution in [2.75, 3.05) is 9.80 Å². The van der Waals surface area contributed by atoms with Crippen LogP contribution in [0.5, 0.6) is 0 Å². The maximum Gasteiger partial charge on any atom is 0.332 e. The standard InChI is InChI=1S/C34H25N5O5/c1-2-37-23-11-7-6-10-19(23)22-16-18(12-15-24(22)37)38-30(40)25-20-13-14-21(26(25)31(38)41)28-27(20)32(42)39(33(28)43)34-36-35-29(44-34)17-8-4-3-5-9-17/h3-16,20-21,25-28H,2H2,1H3. The molecule has 10 nitrogen and oxygen atoms in total. The first kappa shape index (κ1) is 25.1. The molecular weight excluding hydrogens is 558 g/mol. The van der Waals surface area contributed by atoms with Crippen molar-refractivity contribution in [1.29, 1.82) is 0 Å². The summed E-state index contributed by atoms with van der Waals surface area (Å²) in [6.07, 6.45) is 3.69. The van der Waals surface area contributed by atoms with Crippen LogP contribution in [0.1, 0.15) is 6.92 Å². The van der Waals surface area contributed by atoms with Gasteiger partial charge in [-0.1, -0.05) is 53.6 Å². The van der Waals surface area contributed by atoms with E-state index in [4.69, 9.17) is 4.42 Å². The fourth-order valence-corrected chi connectivity index (χ4v) is 8.19. The van der Waals surface area contributed by atoms with Gasteiger partial charge in [0.2, 0.25) is 29.5 Å². The second-order valence-electron chi connectivity index (χ2n) is 11.9. The highest BCUT2D eigenvalue weighted by molar-refractivity contribution is 6.26. The number of allylic oxidation sites excluding steroid dienone is 2. The van der Waals surface area contributed by atoms with E-state index < -0.39 is 47.3 Å². The van der Waals surface area contributed by atoms with Gasteiger partial charge in [0.05, 0.1) is 29.4 Å². The quantitative estimate of drug-likeness (QED) is 0.224. The van der Waals surface area contributed by atoms with Crippen LogP contribution in [0.3, 0.4) is 0 Å². The van der Waals surface area contributed by atoms with Gasteiger partial charge in [-0.3, -0.25) is 19.2 Å². The molecule has 2 aromatic heterocycles. The smallest absolute Gasteiger partial charge is 0.332 e. The number of imide groups is 2. The average Bonchev–Trinajstić information content (AvgIpc) is 3.80. The highest BCUT2D eigenvalue weighted by atomic mass is 16.4. The van der Waals surface area contributed by atoms with Crippen LogP contribution < -0.4 is 9.80 Å². The van der Waals surface area contributed by atoms with E-state index in [0.29, 0.717) is 11.3 Å². The third-order valence-electron chi connectivity index (χ3n) is 9.97. The molecule has 2 aliphatic heterocycles. The molecule has 10 rings (SSSR count). The Hall–Kier alpha value is -5.38. The number of para-hydroxylation sites is 1. The number of anilines is 2. The predicted molar refractivity (Wildman–Crippen MR) is 160 cm³/mol. The molecule has 2 bridgehead atoms. The lowest BCUT2D eigenvalue weighted by molar-refractivity contribution is -0.137. The highest BCUT2D eigenvalue weighted by Gasteiger charge is 2.69. The summed E-state index contributed by atoms with van der Waals surface area (Å²) in [5, 5.41) is 10.1. The van der Waals surface area contributed by atoms with Crippen molar-refractivity contribution in [3.63, 3.8) is 0 Å². The fraction of sp³-hybridized carbons (Fsp3) is 0.235. The topological polar surface area (TPSA) is 119 Å². The van der Waals surface area contributed by atoms with Crippen molar-refractivity contribution < 1.29 is 23.6 Å². The van der Waals surface area contributed by atoms with E-state index in [9.17, 15) is 19.2 Å². The number of fused-ring (bicyclic) bond motifs is 3. The van der Waals surface area contributed by atoms with Crippen LogP contribution in [0.25, 0.3) is 33.3 Å². The number of rotatable bonds is 4. The van der Waals surface area contributed by atoms with E-state index in [-0.39, 0.29) is 23.7 Å². The normalized spacial score (nSPS) is 27.3. The first-order valence-electron chi connectivity index (χ1n) is 14.8. The number of carbonyl (C=O) groups is 4. The fourth-order valence-electron chi connectivity index (χ4n) is 8.19. The van der Waals surface area contributed by atoms with Gasteiger partial charge in [0.25, 0.3) is 0 Å². The van der Waals surface area contributed by atoms with E-state index in [1.807, 2.05) is 66.7 Å². The number of nitrogens with zero attached hydrogens (tertiary/aromatic N) is 5. The zero-order valence-electron chi connectivity index (χ0n) is 23.5. The molecule has 44 heavy (non-hydrogen) atoms. The van der Waals surface area contributed by atoms with Gasteiger partial charge in [-0.05, 0) is 43.3 Å². The van der Waals surface area contributed by atoms with Crippen molar-refractivity contribution >= 4 is 57.1 Å². The van der Waals surface area contributed by atoms with Crippen LogP contribution in [0, 0.1) is 35.5 Å². The van der Waals surface area contributed by atoms with Crippen molar-refractivity contribution in [1.82, 2.24) is 14.8 Å². The molecule has 5 aliphatic rings. The molecule has 0 N–H and O–H groups in total. The summed E-state index contributed by atoms with van der Waals surface area (Å²) in [6.45, 7) is 2.87. The Kier molecular flexibility index (Phi) is 5.04. The predicted octanol–water partition coefficient (Wildman–Crippen LogP) is 4.59. The minimum Gasteiger partial charge on any atom is -0.403 e. The second-order valence-corrected chi connectivity index (χ2v) is 11.9. The molecule has 10 heteroatoms. The Bertz CT molecular complexity index is 2060. The molecule has 3 fully saturated rings. The van der Waals surface area contributed by atoms with Crippen LogP contribution in [-0.2, 0) is 25.7 Å². The van der Waals surface area contributed by atoms with Crippen LogP contribution in [-0.4, -0.2) is 38.4 Å². The summed E-state index contributed by atoms with van der Waals surface area (Å²) in [7, 11) is 0. The summed E-state index contributed by atoms with van der Waals surface area (Å²) in [6, 6.07) is 22.6. The first-order valence-corrected chi connectivity index (χ1v) is 14.8. The molecule has 6 atom stereocenters. The molecule has 0 spiro atoms. The zero-order valence-corrected chi connectivity index (χ0v) is 23.5. The van der Waals surface area contributed by atoms with Crippen molar-refractivity contribution in [3.05, 3.63) is 84.9 Å². The lowest BCUT2D eigenvalue weighted by Gasteiger charge is -2.44. The molecular formula is C34H25N5O5. The lowest BCUT2D eigenvalue weighted by atomic mass is 9.54. The van der Waals surface area contributed by atoms with E-state index in [1.54, 1.807) is 12.1 Å². The molecule has 4 heterocycles. The first-order chi connectivity index (χ1) is 21.5. The highest BCUT2D eigenvalue weighted by Crippen LogP contribution is 2.58. The zero-order chi connectivity index (χ0) is 29.9. The largest absolute Gasteiger partial charge is 0.403 e. The molecule has 0 radical (unpaired) electrons. The Morgan fingerprint density at radius 2 is 1.25 bits per heavy atom. The minimum atomic E-state index is -0.785. The molecule has 1 saturated carbocycles. The number of hydrogen-bond donors (Lipinski definition) is 0. The monoisotopic (exact) mass is 583 g/mol. The van der Waals surface area contributed by atoms with Crippen LogP contribution in [0.4, 0.5) is 11.7 Å². The van der Waals surface area contributed by atoms with Gasteiger partial charge in [0.1, 0.15) is 0 Å². The van der Waals surface area contributed by atoms with Gasteiger partial charge in [-0.2, -0.15) is 4.90 Å². The molecule has 6 unspecified atom stereocenters. The van der Waals surface area contributed by atoms with E-state index in [1.165, 1.54) is 4.90 Å². The van der Waals surface area contributed by atoms with Crippen LogP contribution >= 0.6 is 0 Å². The number of aromatic nitrogens is 3. The number of aryl methyl sites for hydroxylation is 1. The maximum absolute atomic E-state index is 14.1. The van der Waals surface area contributed by atoms with E-state index in [2.05, 4.69) is 27.8 Å². The van der Waals surface area contributed by atoms with Crippen molar-refractivity contribution in [3.8, 4) is 11.5 Å². The summed E-state index contributed by atoms with van der Waals surface area (Å²) in [4.78, 5) is 58.1. The number of amides is 4. The Labute approximate surface area is 250 Å². The third-order valence-corrected chi connectivity index (χ3v) is 9.97. The number of hydrogen-bond acceptors (Lipinski definition) is 7. The maximum atomic E-state index is 14.1. The average molecular weight is 584 g/mol. The van der Waals surface area contributed by atoms with Crippen LogP contribution in [0.2, 0.25) is 0 Å². The minimum absolute atomic E-state index is 0.189. The van der Waals surface area contributed by atoms with Gasteiger partial charge in [-0.25, -0.2) is 4.90 Å². The molecule has 216 valence electrons. The van der Waals surface area contributed by atoms with Gasteiger partial charge in [-0.15, -0.1) is 5.10 Å². The molecule has 3 aromatic carbocycles. The van der Waals surface area contributed by atoms with Crippen molar-refractivity contribution in [2.45, 2.75) is 13.5 Å². The second kappa shape index (κ2) is 8.82. The molecule has 2 saturated heterocycles. The Balaban J connectivity index is 1.07. The van der Waals surface area contributed by atoms with Gasteiger partial charge in [0, 0.05) is 45.7 Å². The molecule has 4 amide bonds. The number of carbonyl (C=O) groups excluding carboxylic acids is 4. The summed E-state index contributed by atoms with van der Waals surface area (Å²) in [5.74, 6) is -5.66. The molecule has 5 aromatic rings. The Morgan fingerprint density at radius 1 is 0.659 bits per heavy atom. The third kappa shape index (κ3) is 3.09. The van der Waals surface area contributed by atoms with Crippen molar-refractivity contribution in [2.24, 2.45) is 35.5 Å². The van der Waals surface area contributed by atoms with Gasteiger partial charge < -0.3 is 8.98 Å². The lowest BCUT2D eigenvalue weighted by Crippen LogP contribution is -2.50. The Morgan fingerprint density at radius 3 is 1.91 bits per heavy atom. The molecule has 3 aliphatic carbocycles.